The normalized spacial score (nSPS) is 18.4. The fourth-order valence-corrected chi connectivity index (χ4v) is 2.47. The molecule has 106 valence electrons. The standard InChI is InChI=1S/C16H26N2O/c1-12(18(3)14-9-10-14)11-17-13(2)15-7-5-6-8-16(15)19-4/h5-8,12-14,17H,9-11H2,1-4H3. The summed E-state index contributed by atoms with van der Waals surface area (Å²) >= 11 is 0. The Bertz CT molecular complexity index is 403. The summed E-state index contributed by atoms with van der Waals surface area (Å²) in [6, 6.07) is 9.93. The van der Waals surface area contributed by atoms with Crippen LogP contribution in [0.15, 0.2) is 24.3 Å². The molecule has 2 unspecified atom stereocenters. The minimum Gasteiger partial charge on any atom is -0.496 e. The Hall–Kier alpha value is -1.06. The summed E-state index contributed by atoms with van der Waals surface area (Å²) in [6.45, 7) is 5.49. The van der Waals surface area contributed by atoms with Crippen molar-refractivity contribution in [3.05, 3.63) is 29.8 Å². The zero-order valence-corrected chi connectivity index (χ0v) is 12.5. The summed E-state index contributed by atoms with van der Waals surface area (Å²) in [5.74, 6) is 0.964. The van der Waals surface area contributed by atoms with Gasteiger partial charge >= 0.3 is 0 Å². The molecule has 0 aromatic heterocycles. The third-order valence-corrected chi connectivity index (χ3v) is 4.14. The molecule has 0 aliphatic heterocycles. The van der Waals surface area contributed by atoms with Crippen molar-refractivity contribution in [2.75, 3.05) is 20.7 Å². The van der Waals surface area contributed by atoms with Crippen LogP contribution < -0.4 is 10.1 Å². The molecule has 2 atom stereocenters. The molecule has 1 aromatic rings. The molecule has 1 aromatic carbocycles. The summed E-state index contributed by atoms with van der Waals surface area (Å²) < 4.78 is 5.42. The highest BCUT2D eigenvalue weighted by atomic mass is 16.5. The number of nitrogens with one attached hydrogen (secondary N) is 1. The van der Waals surface area contributed by atoms with Crippen LogP contribution in [0, 0.1) is 0 Å². The average Bonchev–Trinajstić information content (AvgIpc) is 3.28. The van der Waals surface area contributed by atoms with Gasteiger partial charge in [0.05, 0.1) is 7.11 Å². The van der Waals surface area contributed by atoms with Gasteiger partial charge in [-0.25, -0.2) is 0 Å². The molecule has 1 fully saturated rings. The average molecular weight is 262 g/mol. The van der Waals surface area contributed by atoms with Gasteiger partial charge in [-0.05, 0) is 39.8 Å². The Balaban J connectivity index is 1.87. The second-order valence-electron chi connectivity index (χ2n) is 5.62. The van der Waals surface area contributed by atoms with Gasteiger partial charge in [-0.1, -0.05) is 18.2 Å². The van der Waals surface area contributed by atoms with E-state index >= 15 is 0 Å². The summed E-state index contributed by atoms with van der Waals surface area (Å²) in [7, 11) is 3.97. The lowest BCUT2D eigenvalue weighted by Gasteiger charge is -2.27. The molecule has 1 aliphatic carbocycles. The van der Waals surface area contributed by atoms with Crippen LogP contribution in [0.3, 0.4) is 0 Å². The van der Waals surface area contributed by atoms with Crippen molar-refractivity contribution >= 4 is 0 Å². The van der Waals surface area contributed by atoms with Crippen LogP contribution in [0.2, 0.25) is 0 Å². The zero-order valence-electron chi connectivity index (χ0n) is 12.5. The Labute approximate surface area is 116 Å². The van der Waals surface area contributed by atoms with E-state index in [1.807, 2.05) is 12.1 Å². The first-order valence-corrected chi connectivity index (χ1v) is 7.21. The number of rotatable bonds is 7. The van der Waals surface area contributed by atoms with Crippen LogP contribution >= 0.6 is 0 Å². The largest absolute Gasteiger partial charge is 0.496 e. The summed E-state index contributed by atoms with van der Waals surface area (Å²) in [5, 5.41) is 3.62. The Morgan fingerprint density at radius 1 is 1.32 bits per heavy atom. The number of likely N-dealkylation sites (N-methyl/N-ethyl adjacent to an activating group) is 1. The number of methoxy groups -OCH3 is 1. The van der Waals surface area contributed by atoms with E-state index in [2.05, 4.69) is 43.2 Å². The van der Waals surface area contributed by atoms with Crippen molar-refractivity contribution in [2.45, 2.75) is 44.8 Å². The molecule has 3 nitrogen and oxygen atoms in total. The topological polar surface area (TPSA) is 24.5 Å². The van der Waals surface area contributed by atoms with Crippen molar-refractivity contribution in [1.82, 2.24) is 10.2 Å². The van der Waals surface area contributed by atoms with E-state index < -0.39 is 0 Å². The highest BCUT2D eigenvalue weighted by Crippen LogP contribution is 2.27. The first-order valence-electron chi connectivity index (χ1n) is 7.21. The van der Waals surface area contributed by atoms with Crippen molar-refractivity contribution in [2.24, 2.45) is 0 Å². The van der Waals surface area contributed by atoms with Gasteiger partial charge in [0.2, 0.25) is 0 Å². The van der Waals surface area contributed by atoms with Crippen LogP contribution in [0.4, 0.5) is 0 Å². The van der Waals surface area contributed by atoms with Crippen molar-refractivity contribution in [3.63, 3.8) is 0 Å². The minimum atomic E-state index is 0.311. The SMILES string of the molecule is COc1ccccc1C(C)NCC(C)N(C)C1CC1. The van der Waals surface area contributed by atoms with Gasteiger partial charge in [0.1, 0.15) is 5.75 Å². The minimum absolute atomic E-state index is 0.311. The highest BCUT2D eigenvalue weighted by Gasteiger charge is 2.29. The zero-order chi connectivity index (χ0) is 13.8. The van der Waals surface area contributed by atoms with E-state index in [-0.39, 0.29) is 0 Å². The molecule has 1 aliphatic rings. The molecule has 0 radical (unpaired) electrons. The second kappa shape index (κ2) is 6.40. The van der Waals surface area contributed by atoms with E-state index in [9.17, 15) is 0 Å². The van der Waals surface area contributed by atoms with Gasteiger partial charge in [-0.15, -0.1) is 0 Å². The highest BCUT2D eigenvalue weighted by molar-refractivity contribution is 5.35. The van der Waals surface area contributed by atoms with Gasteiger partial charge < -0.3 is 10.1 Å². The molecule has 19 heavy (non-hydrogen) atoms. The number of ether oxygens (including phenoxy) is 1. The van der Waals surface area contributed by atoms with E-state index in [1.54, 1.807) is 7.11 Å². The molecule has 1 saturated carbocycles. The van der Waals surface area contributed by atoms with Crippen LogP contribution in [0.1, 0.15) is 38.3 Å². The maximum atomic E-state index is 5.42. The summed E-state index contributed by atoms with van der Waals surface area (Å²) in [6.07, 6.45) is 2.73. The lowest BCUT2D eigenvalue weighted by molar-refractivity contribution is 0.236. The Morgan fingerprint density at radius 2 is 2.00 bits per heavy atom. The van der Waals surface area contributed by atoms with Gasteiger partial charge in [-0.2, -0.15) is 0 Å². The fraction of sp³-hybridized carbons (Fsp3) is 0.625. The molecule has 0 heterocycles. The predicted molar refractivity (Wildman–Crippen MR) is 79.7 cm³/mol. The van der Waals surface area contributed by atoms with E-state index in [0.29, 0.717) is 12.1 Å². The van der Waals surface area contributed by atoms with E-state index in [0.717, 1.165) is 18.3 Å². The quantitative estimate of drug-likeness (QED) is 0.818. The van der Waals surface area contributed by atoms with Gasteiger partial charge in [0.15, 0.2) is 0 Å². The molecule has 0 bridgehead atoms. The van der Waals surface area contributed by atoms with Gasteiger partial charge in [-0.3, -0.25) is 4.90 Å². The number of hydrogen-bond acceptors (Lipinski definition) is 3. The smallest absolute Gasteiger partial charge is 0.123 e. The van der Waals surface area contributed by atoms with Gasteiger partial charge in [0.25, 0.3) is 0 Å². The maximum absolute atomic E-state index is 5.42. The Morgan fingerprint density at radius 3 is 2.63 bits per heavy atom. The molecule has 0 spiro atoms. The molecule has 2 rings (SSSR count). The third-order valence-electron chi connectivity index (χ3n) is 4.14. The fourth-order valence-electron chi connectivity index (χ4n) is 2.47. The van der Waals surface area contributed by atoms with Crippen LogP contribution in [0.25, 0.3) is 0 Å². The van der Waals surface area contributed by atoms with Gasteiger partial charge in [0, 0.05) is 30.2 Å². The number of nitrogens with zero attached hydrogens (tertiary/aromatic N) is 1. The van der Waals surface area contributed by atoms with Crippen LogP contribution in [-0.4, -0.2) is 37.7 Å². The lowest BCUT2D eigenvalue weighted by Crippen LogP contribution is -2.39. The van der Waals surface area contributed by atoms with E-state index in [4.69, 9.17) is 4.74 Å². The number of para-hydroxylation sites is 1. The molecule has 0 amide bonds. The number of benzene rings is 1. The van der Waals surface area contributed by atoms with Crippen molar-refractivity contribution in [1.29, 1.82) is 0 Å². The van der Waals surface area contributed by atoms with Crippen LogP contribution in [0.5, 0.6) is 5.75 Å². The lowest BCUT2D eigenvalue weighted by atomic mass is 10.1. The molecule has 3 heteroatoms. The molecular formula is C16H26N2O. The predicted octanol–water partition coefficient (Wildman–Crippen LogP) is 2.83. The van der Waals surface area contributed by atoms with Crippen molar-refractivity contribution in [3.8, 4) is 5.75 Å². The number of hydrogen-bond donors (Lipinski definition) is 1. The van der Waals surface area contributed by atoms with Crippen molar-refractivity contribution < 1.29 is 4.74 Å². The second-order valence-corrected chi connectivity index (χ2v) is 5.62. The summed E-state index contributed by atoms with van der Waals surface area (Å²) in [5.41, 5.74) is 1.23. The monoisotopic (exact) mass is 262 g/mol. The molecule has 1 N–H and O–H groups in total. The third kappa shape index (κ3) is 3.71. The summed E-state index contributed by atoms with van der Waals surface area (Å²) in [4.78, 5) is 2.49. The Kier molecular flexibility index (Phi) is 4.83. The first-order chi connectivity index (χ1) is 9.13. The van der Waals surface area contributed by atoms with Crippen LogP contribution in [-0.2, 0) is 0 Å². The maximum Gasteiger partial charge on any atom is 0.123 e. The first kappa shape index (κ1) is 14.4. The molecule has 0 saturated heterocycles. The molecular weight excluding hydrogens is 236 g/mol. The van der Waals surface area contributed by atoms with E-state index in [1.165, 1.54) is 18.4 Å².